The number of fused-ring (bicyclic) bond motifs is 1. The van der Waals surface area contributed by atoms with Crippen molar-refractivity contribution in [3.05, 3.63) is 89.1 Å². The fraction of sp³-hybridized carbons (Fsp3) is 0.120. The van der Waals surface area contributed by atoms with Gasteiger partial charge >= 0.3 is 5.97 Å². The highest BCUT2D eigenvalue weighted by molar-refractivity contribution is 7.14. The van der Waals surface area contributed by atoms with E-state index >= 15 is 0 Å². The Morgan fingerprint density at radius 1 is 1.12 bits per heavy atom. The number of amides is 1. The van der Waals surface area contributed by atoms with Gasteiger partial charge in [0.25, 0.3) is 0 Å². The quantitative estimate of drug-likeness (QED) is 0.293. The van der Waals surface area contributed by atoms with Crippen LogP contribution in [0.4, 0.5) is 10.8 Å². The Balaban J connectivity index is 1.43. The first-order valence-electron chi connectivity index (χ1n) is 10.0. The van der Waals surface area contributed by atoms with Gasteiger partial charge in [0.05, 0.1) is 16.9 Å². The molecule has 0 saturated carbocycles. The molecule has 4 rings (SSSR count). The maximum Gasteiger partial charge on any atom is 0.331 e. The van der Waals surface area contributed by atoms with Crippen molar-refractivity contribution in [1.82, 2.24) is 9.97 Å². The SMILES string of the molecule is CC(=O)N(c1cccc(C)c1)c1nc(COC(=O)/C=C/c2cccc3cccnc23)cs1. The molecule has 0 bridgehead atoms. The summed E-state index contributed by atoms with van der Waals surface area (Å²) in [4.78, 5) is 34.9. The number of rotatable bonds is 6. The van der Waals surface area contributed by atoms with Crippen molar-refractivity contribution in [2.45, 2.75) is 20.5 Å². The average molecular weight is 444 g/mol. The van der Waals surface area contributed by atoms with Crippen LogP contribution in [-0.4, -0.2) is 21.8 Å². The van der Waals surface area contributed by atoms with Crippen LogP contribution in [-0.2, 0) is 20.9 Å². The number of para-hydroxylation sites is 1. The Hall–Kier alpha value is -3.84. The fourth-order valence-corrected chi connectivity index (χ4v) is 4.14. The highest BCUT2D eigenvalue weighted by atomic mass is 32.1. The molecular formula is C25H21N3O3S. The molecule has 0 radical (unpaired) electrons. The summed E-state index contributed by atoms with van der Waals surface area (Å²) in [6.07, 6.45) is 4.80. The lowest BCUT2D eigenvalue weighted by molar-refractivity contribution is -0.139. The van der Waals surface area contributed by atoms with Crippen LogP contribution >= 0.6 is 11.3 Å². The third-order valence-electron chi connectivity index (χ3n) is 4.73. The summed E-state index contributed by atoms with van der Waals surface area (Å²) in [5.74, 6) is -0.616. The third-order valence-corrected chi connectivity index (χ3v) is 5.61. The number of hydrogen-bond donors (Lipinski definition) is 0. The van der Waals surface area contributed by atoms with Crippen LogP contribution < -0.4 is 4.90 Å². The van der Waals surface area contributed by atoms with Gasteiger partial charge in [0.2, 0.25) is 5.91 Å². The zero-order valence-electron chi connectivity index (χ0n) is 17.7. The van der Waals surface area contributed by atoms with E-state index in [2.05, 4.69) is 9.97 Å². The number of aromatic nitrogens is 2. The number of aryl methyl sites for hydroxylation is 1. The van der Waals surface area contributed by atoms with Crippen LogP contribution in [0.3, 0.4) is 0 Å². The van der Waals surface area contributed by atoms with Crippen molar-refractivity contribution in [1.29, 1.82) is 0 Å². The second-order valence-corrected chi connectivity index (χ2v) is 8.01. The number of thiazole rings is 1. The summed E-state index contributed by atoms with van der Waals surface area (Å²) in [5, 5.41) is 3.32. The largest absolute Gasteiger partial charge is 0.456 e. The molecule has 1 amide bonds. The zero-order valence-corrected chi connectivity index (χ0v) is 18.5. The molecule has 2 aromatic heterocycles. The normalized spacial score (nSPS) is 11.1. The van der Waals surface area contributed by atoms with Crippen molar-refractivity contribution in [2.75, 3.05) is 4.90 Å². The summed E-state index contributed by atoms with van der Waals surface area (Å²) in [7, 11) is 0. The molecule has 6 nitrogen and oxygen atoms in total. The van der Waals surface area contributed by atoms with Crippen LogP contribution in [0.15, 0.2) is 72.3 Å². The number of ether oxygens (including phenoxy) is 1. The molecule has 0 saturated heterocycles. The van der Waals surface area contributed by atoms with Gasteiger partial charge in [0, 0.05) is 35.5 Å². The predicted octanol–water partition coefficient (Wildman–Crippen LogP) is 5.44. The van der Waals surface area contributed by atoms with E-state index in [0.717, 1.165) is 27.7 Å². The average Bonchev–Trinajstić information content (AvgIpc) is 3.24. The Kier molecular flexibility index (Phi) is 6.37. The molecule has 0 fully saturated rings. The monoisotopic (exact) mass is 443 g/mol. The molecule has 7 heteroatoms. The third kappa shape index (κ3) is 4.90. The summed E-state index contributed by atoms with van der Waals surface area (Å²) < 4.78 is 5.33. The predicted molar refractivity (Wildman–Crippen MR) is 127 cm³/mol. The number of pyridine rings is 1. The van der Waals surface area contributed by atoms with E-state index in [1.54, 1.807) is 22.6 Å². The summed E-state index contributed by atoms with van der Waals surface area (Å²) >= 11 is 1.33. The van der Waals surface area contributed by atoms with Crippen molar-refractivity contribution in [3.8, 4) is 0 Å². The molecule has 0 aliphatic heterocycles. The minimum atomic E-state index is -0.477. The number of hydrogen-bond acceptors (Lipinski definition) is 6. The van der Waals surface area contributed by atoms with E-state index in [9.17, 15) is 9.59 Å². The second kappa shape index (κ2) is 9.53. The number of carbonyl (C=O) groups excluding carboxylic acids is 2. The van der Waals surface area contributed by atoms with Crippen LogP contribution in [0.1, 0.15) is 23.7 Å². The maximum absolute atomic E-state index is 12.2. The molecule has 0 N–H and O–H groups in total. The standard InChI is InChI=1S/C25H21N3O3S/c1-17-6-3-10-22(14-17)28(18(2)29)25-27-21(16-32-25)15-31-23(30)12-11-20-8-4-7-19-9-5-13-26-24(19)20/h3-14,16H,15H2,1-2H3/b12-11+. The van der Waals surface area contributed by atoms with Gasteiger partial charge in [-0.15, -0.1) is 11.3 Å². The van der Waals surface area contributed by atoms with Gasteiger partial charge in [0.1, 0.15) is 6.61 Å². The van der Waals surface area contributed by atoms with E-state index in [-0.39, 0.29) is 12.5 Å². The van der Waals surface area contributed by atoms with Gasteiger partial charge in [0.15, 0.2) is 5.13 Å². The van der Waals surface area contributed by atoms with E-state index in [4.69, 9.17) is 4.74 Å². The lowest BCUT2D eigenvalue weighted by Gasteiger charge is -2.18. The van der Waals surface area contributed by atoms with E-state index < -0.39 is 5.97 Å². The molecule has 0 aliphatic rings. The molecule has 0 unspecified atom stereocenters. The minimum Gasteiger partial charge on any atom is -0.456 e. The first-order valence-corrected chi connectivity index (χ1v) is 10.9. The van der Waals surface area contributed by atoms with Crippen LogP contribution in [0, 0.1) is 6.92 Å². The molecule has 0 atom stereocenters. The van der Waals surface area contributed by atoms with Crippen molar-refractivity contribution < 1.29 is 14.3 Å². The van der Waals surface area contributed by atoms with Gasteiger partial charge in [-0.05, 0) is 36.8 Å². The number of nitrogens with zero attached hydrogens (tertiary/aromatic N) is 3. The topological polar surface area (TPSA) is 72.4 Å². The lowest BCUT2D eigenvalue weighted by Crippen LogP contribution is -2.22. The van der Waals surface area contributed by atoms with Crippen LogP contribution in [0.2, 0.25) is 0 Å². The molecular weight excluding hydrogens is 422 g/mol. The van der Waals surface area contributed by atoms with Crippen LogP contribution in [0.5, 0.6) is 0 Å². The Labute approximate surface area is 189 Å². The van der Waals surface area contributed by atoms with Crippen molar-refractivity contribution in [2.24, 2.45) is 0 Å². The minimum absolute atomic E-state index is 0.0209. The molecule has 4 aromatic rings. The van der Waals surface area contributed by atoms with Gasteiger partial charge in [-0.3, -0.25) is 14.7 Å². The van der Waals surface area contributed by atoms with E-state index in [1.165, 1.54) is 24.3 Å². The molecule has 160 valence electrons. The van der Waals surface area contributed by atoms with Crippen molar-refractivity contribution in [3.63, 3.8) is 0 Å². The number of esters is 1. The first kappa shape index (κ1) is 21.4. The Morgan fingerprint density at radius 3 is 2.75 bits per heavy atom. The number of anilines is 2. The molecule has 2 heterocycles. The van der Waals surface area contributed by atoms with Gasteiger partial charge in [-0.1, -0.05) is 36.4 Å². The summed E-state index contributed by atoms with van der Waals surface area (Å²) in [6.45, 7) is 3.49. The summed E-state index contributed by atoms with van der Waals surface area (Å²) in [5.41, 5.74) is 4.04. The second-order valence-electron chi connectivity index (χ2n) is 7.18. The van der Waals surface area contributed by atoms with Crippen molar-refractivity contribution >= 4 is 51.0 Å². The maximum atomic E-state index is 12.2. The Bertz CT molecular complexity index is 1310. The van der Waals surface area contributed by atoms with Gasteiger partial charge < -0.3 is 4.74 Å². The van der Waals surface area contributed by atoms with Gasteiger partial charge in [-0.2, -0.15) is 0 Å². The number of benzene rings is 2. The highest BCUT2D eigenvalue weighted by Crippen LogP contribution is 2.29. The first-order chi connectivity index (χ1) is 15.5. The van der Waals surface area contributed by atoms with Crippen LogP contribution in [0.25, 0.3) is 17.0 Å². The molecule has 2 aromatic carbocycles. The molecule has 32 heavy (non-hydrogen) atoms. The molecule has 0 spiro atoms. The van der Waals surface area contributed by atoms with E-state index in [1.807, 2.05) is 61.5 Å². The zero-order chi connectivity index (χ0) is 22.5. The highest BCUT2D eigenvalue weighted by Gasteiger charge is 2.18. The molecule has 0 aliphatic carbocycles. The smallest absolute Gasteiger partial charge is 0.331 e. The van der Waals surface area contributed by atoms with Gasteiger partial charge in [-0.25, -0.2) is 9.78 Å². The van der Waals surface area contributed by atoms with E-state index in [0.29, 0.717) is 10.8 Å². The fourth-order valence-electron chi connectivity index (χ4n) is 3.27. The lowest BCUT2D eigenvalue weighted by atomic mass is 10.1. The number of carbonyl (C=O) groups is 2. The Morgan fingerprint density at radius 2 is 1.94 bits per heavy atom. The summed E-state index contributed by atoms with van der Waals surface area (Å²) in [6, 6.07) is 17.3.